The Labute approximate surface area is 170 Å². The van der Waals surface area contributed by atoms with E-state index in [1.807, 2.05) is 26.1 Å². The standard InChI is InChI=1S/C21H26ClN3O3/c1-10(2)8-14-15-16(18(27)25(17(15)26)20(3,4)5)21(24-14)12-9-11(22)6-7-13(12)23-19(21)28/h6-7,9-10,14-16,24H,8H2,1-5H3,(H,23,28)/p+1/t14-,15+,16-,21+/m0/s1. The SMILES string of the molecule is CC(C)C[C@@H]1[NH2+][C@@]2(C(=O)Nc3ccc(Cl)cc32)[C@@H]2C(=O)N(C(C)(C)C)C(=O)[C@H]12. The van der Waals surface area contributed by atoms with Crippen LogP contribution in [-0.4, -0.2) is 34.2 Å². The molecule has 150 valence electrons. The first-order valence-corrected chi connectivity index (χ1v) is 10.2. The number of likely N-dealkylation sites (tertiary alicyclic amines) is 1. The van der Waals surface area contributed by atoms with Crippen LogP contribution in [0.3, 0.4) is 0 Å². The maximum absolute atomic E-state index is 13.5. The van der Waals surface area contributed by atoms with E-state index in [2.05, 4.69) is 19.2 Å². The number of imide groups is 1. The summed E-state index contributed by atoms with van der Waals surface area (Å²) in [7, 11) is 0. The molecule has 2 fully saturated rings. The fourth-order valence-corrected chi connectivity index (χ4v) is 5.53. The number of halogens is 1. The summed E-state index contributed by atoms with van der Waals surface area (Å²) in [5.74, 6) is -1.54. The van der Waals surface area contributed by atoms with Crippen LogP contribution in [0.25, 0.3) is 0 Å². The Hall–Kier alpha value is -1.92. The Balaban J connectivity index is 1.91. The van der Waals surface area contributed by atoms with Gasteiger partial charge in [0.05, 0.1) is 5.69 Å². The third-order valence-electron chi connectivity index (χ3n) is 6.25. The van der Waals surface area contributed by atoms with E-state index in [0.717, 1.165) is 6.42 Å². The third-order valence-corrected chi connectivity index (χ3v) is 6.48. The lowest BCUT2D eigenvalue weighted by Crippen LogP contribution is -2.99. The minimum atomic E-state index is -1.14. The predicted molar refractivity (Wildman–Crippen MR) is 106 cm³/mol. The second kappa shape index (κ2) is 6.04. The molecule has 0 unspecified atom stereocenters. The largest absolute Gasteiger partial charge is 0.326 e. The van der Waals surface area contributed by atoms with Crippen molar-refractivity contribution in [3.63, 3.8) is 0 Å². The summed E-state index contributed by atoms with van der Waals surface area (Å²) in [6.07, 6.45) is 0.753. The van der Waals surface area contributed by atoms with Crippen molar-refractivity contribution >= 4 is 35.0 Å². The molecule has 0 aliphatic carbocycles. The van der Waals surface area contributed by atoms with Gasteiger partial charge in [-0.25, -0.2) is 0 Å². The van der Waals surface area contributed by atoms with Crippen LogP contribution in [0.15, 0.2) is 18.2 Å². The normalized spacial score (nSPS) is 31.8. The summed E-state index contributed by atoms with van der Waals surface area (Å²) in [5, 5.41) is 5.40. The van der Waals surface area contributed by atoms with E-state index in [0.29, 0.717) is 22.2 Å². The van der Waals surface area contributed by atoms with Crippen LogP contribution in [0.2, 0.25) is 5.02 Å². The highest BCUT2D eigenvalue weighted by atomic mass is 35.5. The molecule has 7 heteroatoms. The van der Waals surface area contributed by atoms with E-state index in [4.69, 9.17) is 11.6 Å². The fraction of sp³-hybridized carbons (Fsp3) is 0.571. The minimum absolute atomic E-state index is 0.135. The van der Waals surface area contributed by atoms with E-state index in [1.54, 1.807) is 18.2 Å². The third kappa shape index (κ3) is 2.47. The number of rotatable bonds is 2. The fourth-order valence-electron chi connectivity index (χ4n) is 5.36. The Morgan fingerprint density at radius 3 is 2.50 bits per heavy atom. The number of carbonyl (C=O) groups is 3. The lowest BCUT2D eigenvalue weighted by Gasteiger charge is -2.33. The Morgan fingerprint density at radius 1 is 1.21 bits per heavy atom. The van der Waals surface area contributed by atoms with Gasteiger partial charge in [0.15, 0.2) is 0 Å². The highest BCUT2D eigenvalue weighted by Gasteiger charge is 2.74. The lowest BCUT2D eigenvalue weighted by molar-refractivity contribution is -0.734. The van der Waals surface area contributed by atoms with Gasteiger partial charge in [-0.3, -0.25) is 19.3 Å². The van der Waals surface area contributed by atoms with Crippen LogP contribution in [-0.2, 0) is 19.9 Å². The van der Waals surface area contributed by atoms with Gasteiger partial charge in [-0.05, 0) is 44.9 Å². The molecule has 6 nitrogen and oxygen atoms in total. The van der Waals surface area contributed by atoms with Gasteiger partial charge in [0, 0.05) is 22.5 Å². The van der Waals surface area contributed by atoms with Crippen LogP contribution in [0.4, 0.5) is 5.69 Å². The molecule has 0 radical (unpaired) electrons. The first kappa shape index (κ1) is 19.4. The minimum Gasteiger partial charge on any atom is -0.326 e. The maximum Gasteiger partial charge on any atom is 0.291 e. The zero-order valence-corrected chi connectivity index (χ0v) is 17.6. The smallest absolute Gasteiger partial charge is 0.291 e. The first-order valence-electron chi connectivity index (χ1n) is 9.84. The molecule has 0 saturated carbocycles. The maximum atomic E-state index is 13.5. The first-order chi connectivity index (χ1) is 13.0. The highest BCUT2D eigenvalue weighted by molar-refractivity contribution is 6.31. The predicted octanol–water partition coefficient (Wildman–Crippen LogP) is 1.88. The molecule has 3 aliphatic rings. The van der Waals surface area contributed by atoms with Crippen molar-refractivity contribution < 1.29 is 19.7 Å². The Bertz CT molecular complexity index is 891. The molecule has 4 rings (SSSR count). The van der Waals surface area contributed by atoms with Gasteiger partial charge in [0.25, 0.3) is 5.91 Å². The summed E-state index contributed by atoms with van der Waals surface area (Å²) in [6.45, 7) is 9.76. The zero-order valence-electron chi connectivity index (χ0n) is 16.9. The molecule has 1 spiro atoms. The van der Waals surface area contributed by atoms with Gasteiger partial charge < -0.3 is 10.6 Å². The second-order valence-electron chi connectivity index (χ2n) is 9.66. The molecule has 3 aliphatic heterocycles. The number of benzene rings is 1. The van der Waals surface area contributed by atoms with Crippen LogP contribution >= 0.6 is 11.6 Å². The van der Waals surface area contributed by atoms with Crippen LogP contribution in [0, 0.1) is 17.8 Å². The molecule has 1 aromatic rings. The van der Waals surface area contributed by atoms with Crippen molar-refractivity contribution in [3.8, 4) is 0 Å². The summed E-state index contributed by atoms with van der Waals surface area (Å²) in [6, 6.07) is 5.12. The Morgan fingerprint density at radius 2 is 1.89 bits per heavy atom. The van der Waals surface area contributed by atoms with Gasteiger partial charge >= 0.3 is 0 Å². The van der Waals surface area contributed by atoms with E-state index in [9.17, 15) is 14.4 Å². The van der Waals surface area contributed by atoms with Crippen molar-refractivity contribution in [1.82, 2.24) is 4.90 Å². The number of nitrogens with zero attached hydrogens (tertiary/aromatic N) is 1. The van der Waals surface area contributed by atoms with Crippen LogP contribution in [0.1, 0.15) is 46.6 Å². The molecule has 1 aromatic carbocycles. The van der Waals surface area contributed by atoms with Crippen molar-refractivity contribution in [1.29, 1.82) is 0 Å². The average Bonchev–Trinajstić information content (AvgIpc) is 3.12. The second-order valence-corrected chi connectivity index (χ2v) is 10.1. The number of carbonyl (C=O) groups excluding carboxylic acids is 3. The van der Waals surface area contributed by atoms with Crippen molar-refractivity contribution in [3.05, 3.63) is 28.8 Å². The van der Waals surface area contributed by atoms with Gasteiger partial charge in [-0.2, -0.15) is 0 Å². The number of amides is 3. The molecule has 0 aromatic heterocycles. The summed E-state index contributed by atoms with van der Waals surface area (Å²) in [5.41, 5.74) is -0.391. The summed E-state index contributed by atoms with van der Waals surface area (Å²) < 4.78 is 0. The molecule has 3 N–H and O–H groups in total. The Kier molecular flexibility index (Phi) is 4.18. The molecule has 28 heavy (non-hydrogen) atoms. The number of nitrogens with two attached hydrogens (primary N) is 1. The van der Waals surface area contributed by atoms with E-state index < -0.39 is 22.9 Å². The number of hydrogen-bond acceptors (Lipinski definition) is 3. The monoisotopic (exact) mass is 404 g/mol. The number of nitrogens with one attached hydrogen (secondary N) is 1. The van der Waals surface area contributed by atoms with Gasteiger partial charge in [-0.1, -0.05) is 25.4 Å². The van der Waals surface area contributed by atoms with Gasteiger partial charge in [-0.15, -0.1) is 0 Å². The van der Waals surface area contributed by atoms with E-state index in [-0.39, 0.29) is 23.8 Å². The lowest BCUT2D eigenvalue weighted by atomic mass is 9.76. The highest BCUT2D eigenvalue weighted by Crippen LogP contribution is 2.51. The molecule has 2 saturated heterocycles. The van der Waals surface area contributed by atoms with Crippen molar-refractivity contribution in [2.75, 3.05) is 5.32 Å². The number of hydrogen-bond donors (Lipinski definition) is 2. The average molecular weight is 405 g/mol. The number of fused-ring (bicyclic) bond motifs is 4. The number of quaternary nitrogens is 1. The molecular weight excluding hydrogens is 378 g/mol. The quantitative estimate of drug-likeness (QED) is 0.738. The van der Waals surface area contributed by atoms with Gasteiger partial charge in [0.1, 0.15) is 17.9 Å². The van der Waals surface area contributed by atoms with E-state index >= 15 is 0 Å². The molecule has 0 bridgehead atoms. The molecule has 3 heterocycles. The molecule has 4 atom stereocenters. The number of anilines is 1. The molecular formula is C21H27ClN3O3+. The molecule has 3 amide bonds. The van der Waals surface area contributed by atoms with Crippen molar-refractivity contribution in [2.45, 2.75) is 58.2 Å². The van der Waals surface area contributed by atoms with E-state index in [1.165, 1.54) is 4.90 Å². The topological polar surface area (TPSA) is 83.1 Å². The summed E-state index contributed by atoms with van der Waals surface area (Å²) in [4.78, 5) is 41.6. The van der Waals surface area contributed by atoms with Gasteiger partial charge in [0.2, 0.25) is 17.4 Å². The zero-order chi connectivity index (χ0) is 20.6. The van der Waals surface area contributed by atoms with Crippen LogP contribution < -0.4 is 10.6 Å². The van der Waals surface area contributed by atoms with Crippen molar-refractivity contribution in [2.24, 2.45) is 17.8 Å². The summed E-state index contributed by atoms with van der Waals surface area (Å²) >= 11 is 6.25. The van der Waals surface area contributed by atoms with Crippen LogP contribution in [0.5, 0.6) is 0 Å².